The molecule has 19 heavy (non-hydrogen) atoms. The van der Waals surface area contributed by atoms with Gasteiger partial charge in [0, 0.05) is 43.2 Å². The number of fused-ring (bicyclic) bond motifs is 1. The van der Waals surface area contributed by atoms with Gasteiger partial charge in [-0.25, -0.2) is 0 Å². The standard InChI is InChI=1S/C15H28N2O2/c1-14(2)13-12(6-8-19-13)15(14,16)10-17(3)9-11-5-4-7-18-11/h11-13H,4-10,16H2,1-3H3. The minimum Gasteiger partial charge on any atom is -0.377 e. The average molecular weight is 268 g/mol. The Labute approximate surface area is 116 Å². The Morgan fingerprint density at radius 2 is 2.00 bits per heavy atom. The van der Waals surface area contributed by atoms with Crippen LogP contribution in [0.1, 0.15) is 33.1 Å². The molecule has 1 aliphatic carbocycles. The molecule has 0 radical (unpaired) electrons. The van der Waals surface area contributed by atoms with E-state index in [1.54, 1.807) is 0 Å². The molecule has 0 aromatic heterocycles. The molecule has 3 aliphatic rings. The summed E-state index contributed by atoms with van der Waals surface area (Å²) in [4.78, 5) is 2.37. The van der Waals surface area contributed by atoms with Crippen LogP contribution in [0.15, 0.2) is 0 Å². The minimum absolute atomic E-state index is 0.0823. The van der Waals surface area contributed by atoms with Crippen LogP contribution in [0.2, 0.25) is 0 Å². The summed E-state index contributed by atoms with van der Waals surface area (Å²) < 4.78 is 11.6. The number of ether oxygens (including phenoxy) is 2. The molecule has 4 nitrogen and oxygen atoms in total. The predicted molar refractivity (Wildman–Crippen MR) is 75.0 cm³/mol. The van der Waals surface area contributed by atoms with E-state index in [1.165, 1.54) is 12.8 Å². The van der Waals surface area contributed by atoms with Crippen molar-refractivity contribution in [3.05, 3.63) is 0 Å². The first-order valence-corrected chi connectivity index (χ1v) is 7.66. The third-order valence-corrected chi connectivity index (χ3v) is 5.74. The minimum atomic E-state index is -0.110. The molecule has 110 valence electrons. The molecular formula is C15H28N2O2. The van der Waals surface area contributed by atoms with Crippen LogP contribution in [0.5, 0.6) is 0 Å². The number of likely N-dealkylation sites (N-methyl/N-ethyl adjacent to an activating group) is 1. The molecule has 2 aliphatic heterocycles. The van der Waals surface area contributed by atoms with Crippen molar-refractivity contribution >= 4 is 0 Å². The summed E-state index contributed by atoms with van der Waals surface area (Å²) in [6.45, 7) is 8.29. The number of rotatable bonds is 4. The zero-order valence-electron chi connectivity index (χ0n) is 12.5. The van der Waals surface area contributed by atoms with Gasteiger partial charge in [0.25, 0.3) is 0 Å². The number of hydrogen-bond acceptors (Lipinski definition) is 4. The topological polar surface area (TPSA) is 47.7 Å². The summed E-state index contributed by atoms with van der Waals surface area (Å²) in [6.07, 6.45) is 4.30. The van der Waals surface area contributed by atoms with E-state index in [9.17, 15) is 0 Å². The summed E-state index contributed by atoms with van der Waals surface area (Å²) in [5.74, 6) is 0.537. The molecule has 2 heterocycles. The Balaban J connectivity index is 1.61. The highest BCUT2D eigenvalue weighted by atomic mass is 16.5. The molecule has 0 amide bonds. The maximum Gasteiger partial charge on any atom is 0.0702 e. The van der Waals surface area contributed by atoms with Crippen LogP contribution in [0.3, 0.4) is 0 Å². The lowest BCUT2D eigenvalue weighted by Crippen LogP contribution is -2.78. The number of hydrogen-bond donors (Lipinski definition) is 1. The predicted octanol–water partition coefficient (Wildman–Crippen LogP) is 1.24. The molecule has 2 N–H and O–H groups in total. The van der Waals surface area contributed by atoms with Gasteiger partial charge in [0.15, 0.2) is 0 Å². The first kappa shape index (κ1) is 13.8. The highest BCUT2D eigenvalue weighted by Gasteiger charge is 2.67. The molecule has 4 atom stereocenters. The van der Waals surface area contributed by atoms with Crippen molar-refractivity contribution in [1.82, 2.24) is 4.90 Å². The smallest absolute Gasteiger partial charge is 0.0702 e. The summed E-state index contributed by atoms with van der Waals surface area (Å²) in [7, 11) is 2.18. The molecule has 3 fully saturated rings. The summed E-state index contributed by atoms with van der Waals surface area (Å²) in [5.41, 5.74) is 6.75. The van der Waals surface area contributed by atoms with E-state index in [4.69, 9.17) is 15.2 Å². The zero-order chi connectivity index (χ0) is 13.7. The van der Waals surface area contributed by atoms with Gasteiger partial charge in [-0.1, -0.05) is 13.8 Å². The van der Waals surface area contributed by atoms with E-state index in [0.717, 1.165) is 32.7 Å². The number of nitrogens with two attached hydrogens (primary N) is 1. The second-order valence-corrected chi connectivity index (χ2v) is 7.28. The lowest BCUT2D eigenvalue weighted by molar-refractivity contribution is -0.162. The Bertz CT molecular complexity index is 341. The van der Waals surface area contributed by atoms with Gasteiger partial charge in [-0.05, 0) is 26.3 Å². The maximum atomic E-state index is 6.78. The van der Waals surface area contributed by atoms with Crippen LogP contribution in [-0.4, -0.2) is 56.0 Å². The van der Waals surface area contributed by atoms with Crippen LogP contribution in [0.4, 0.5) is 0 Å². The Hall–Kier alpha value is -0.160. The second kappa shape index (κ2) is 4.69. The lowest BCUT2D eigenvalue weighted by Gasteiger charge is -2.63. The SMILES string of the molecule is CN(CC1CCCO1)CC1(N)C2CCOC2C1(C)C. The van der Waals surface area contributed by atoms with Gasteiger partial charge in [-0.2, -0.15) is 0 Å². The first-order chi connectivity index (χ1) is 8.95. The fourth-order valence-electron chi connectivity index (χ4n) is 4.44. The Kier molecular flexibility index (Phi) is 3.41. The molecule has 1 saturated carbocycles. The van der Waals surface area contributed by atoms with E-state index < -0.39 is 0 Å². The van der Waals surface area contributed by atoms with Crippen LogP contribution in [-0.2, 0) is 9.47 Å². The monoisotopic (exact) mass is 268 g/mol. The van der Waals surface area contributed by atoms with E-state index >= 15 is 0 Å². The van der Waals surface area contributed by atoms with E-state index in [-0.39, 0.29) is 11.0 Å². The first-order valence-electron chi connectivity index (χ1n) is 7.66. The largest absolute Gasteiger partial charge is 0.377 e. The fraction of sp³-hybridized carbons (Fsp3) is 1.00. The molecule has 4 unspecified atom stereocenters. The summed E-state index contributed by atoms with van der Waals surface area (Å²) in [6, 6.07) is 0. The van der Waals surface area contributed by atoms with E-state index in [2.05, 4.69) is 25.8 Å². The lowest BCUT2D eigenvalue weighted by atomic mass is 9.48. The average Bonchev–Trinajstić information content (AvgIpc) is 2.97. The maximum absolute atomic E-state index is 6.78. The van der Waals surface area contributed by atoms with Gasteiger partial charge < -0.3 is 20.1 Å². The van der Waals surface area contributed by atoms with Gasteiger partial charge in [-0.15, -0.1) is 0 Å². The molecule has 4 heteroatoms. The van der Waals surface area contributed by atoms with Crippen molar-refractivity contribution in [2.75, 3.05) is 33.4 Å². The van der Waals surface area contributed by atoms with Crippen LogP contribution < -0.4 is 5.73 Å². The van der Waals surface area contributed by atoms with Crippen molar-refractivity contribution in [2.24, 2.45) is 17.1 Å². The second-order valence-electron chi connectivity index (χ2n) is 7.28. The van der Waals surface area contributed by atoms with Crippen molar-refractivity contribution in [2.45, 2.75) is 50.9 Å². The Morgan fingerprint density at radius 3 is 2.68 bits per heavy atom. The molecule has 0 bridgehead atoms. The third kappa shape index (κ3) is 2.04. The van der Waals surface area contributed by atoms with Gasteiger partial charge in [0.2, 0.25) is 0 Å². The Morgan fingerprint density at radius 1 is 1.21 bits per heavy atom. The zero-order valence-corrected chi connectivity index (χ0v) is 12.5. The van der Waals surface area contributed by atoms with Gasteiger partial charge in [0.05, 0.1) is 12.2 Å². The van der Waals surface area contributed by atoms with Crippen LogP contribution in [0.25, 0.3) is 0 Å². The molecule has 0 spiro atoms. The molecule has 0 aromatic carbocycles. The van der Waals surface area contributed by atoms with E-state index in [0.29, 0.717) is 18.1 Å². The van der Waals surface area contributed by atoms with Crippen LogP contribution >= 0.6 is 0 Å². The van der Waals surface area contributed by atoms with Crippen molar-refractivity contribution < 1.29 is 9.47 Å². The van der Waals surface area contributed by atoms with Crippen LogP contribution in [0, 0.1) is 11.3 Å². The molecule has 2 saturated heterocycles. The van der Waals surface area contributed by atoms with Gasteiger partial charge in [0.1, 0.15) is 0 Å². The molecule has 3 rings (SSSR count). The van der Waals surface area contributed by atoms with Crippen molar-refractivity contribution in [3.63, 3.8) is 0 Å². The quantitative estimate of drug-likeness (QED) is 0.833. The van der Waals surface area contributed by atoms with Crippen molar-refractivity contribution in [3.8, 4) is 0 Å². The summed E-state index contributed by atoms with van der Waals surface area (Å²) in [5, 5.41) is 0. The van der Waals surface area contributed by atoms with E-state index in [1.807, 2.05) is 0 Å². The molecule has 0 aromatic rings. The normalized spacial score (nSPS) is 44.4. The third-order valence-electron chi connectivity index (χ3n) is 5.74. The molecular weight excluding hydrogens is 240 g/mol. The summed E-state index contributed by atoms with van der Waals surface area (Å²) >= 11 is 0. The fourth-order valence-corrected chi connectivity index (χ4v) is 4.44. The van der Waals surface area contributed by atoms with Crippen molar-refractivity contribution in [1.29, 1.82) is 0 Å². The van der Waals surface area contributed by atoms with Gasteiger partial charge in [-0.3, -0.25) is 0 Å². The highest BCUT2D eigenvalue weighted by Crippen LogP contribution is 2.58. The highest BCUT2D eigenvalue weighted by molar-refractivity contribution is 5.21. The van der Waals surface area contributed by atoms with Gasteiger partial charge >= 0.3 is 0 Å². The number of nitrogens with zero attached hydrogens (tertiary/aromatic N) is 1.